The van der Waals surface area contributed by atoms with Crippen LogP contribution in [0.1, 0.15) is 31.9 Å². The van der Waals surface area contributed by atoms with Gasteiger partial charge in [-0.2, -0.15) is 0 Å². The molecule has 0 unspecified atom stereocenters. The number of amides is 1. The Morgan fingerprint density at radius 3 is 2.36 bits per heavy atom. The summed E-state index contributed by atoms with van der Waals surface area (Å²) in [6, 6.07) is 16.3. The van der Waals surface area contributed by atoms with Crippen LogP contribution in [0.2, 0.25) is 10.0 Å². The van der Waals surface area contributed by atoms with Crippen molar-refractivity contribution in [3.63, 3.8) is 0 Å². The molecule has 0 bridgehead atoms. The van der Waals surface area contributed by atoms with Crippen LogP contribution in [-0.4, -0.2) is 15.9 Å². The molecule has 3 rings (SSSR count). The van der Waals surface area contributed by atoms with Crippen LogP contribution in [0.25, 0.3) is 0 Å². The van der Waals surface area contributed by atoms with Gasteiger partial charge in [0.2, 0.25) is 5.91 Å². The van der Waals surface area contributed by atoms with E-state index in [2.05, 4.69) is 5.32 Å². The molecule has 0 heterocycles. The summed E-state index contributed by atoms with van der Waals surface area (Å²) in [6.45, 7) is 5.40. The maximum atomic E-state index is 14.7. The van der Waals surface area contributed by atoms with Crippen molar-refractivity contribution in [3.8, 4) is 5.75 Å². The molecule has 3 aromatic rings. The molecule has 0 aliphatic carbocycles. The Bertz CT molecular complexity index is 1180. The summed E-state index contributed by atoms with van der Waals surface area (Å²) in [6.07, 6.45) is 0.112. The summed E-state index contributed by atoms with van der Waals surface area (Å²) in [7, 11) is -1.04. The van der Waals surface area contributed by atoms with Crippen molar-refractivity contribution in [2.75, 3.05) is 11.1 Å². The van der Waals surface area contributed by atoms with Crippen LogP contribution in [0.4, 0.5) is 10.1 Å². The normalized spacial score (nSPS) is 12.3. The number of carbonyl (C=O) groups excluding carboxylic acids is 1. The standard InChI is InChI=1S/C25H24Cl2FNO3S/c1-4-33(31)19-9-5-16(6-10-19)13-24(30)29-18-8-12-23(22(28)15-18)32-25(2,3)20-11-7-17(26)14-21(20)27/h5-12,14-15H,4,13H2,1-3H3,(H,29,30)/t33-/m1/s1. The smallest absolute Gasteiger partial charge is 0.228 e. The second-order valence-corrected chi connectivity index (χ2v) is 10.5. The molecule has 33 heavy (non-hydrogen) atoms. The van der Waals surface area contributed by atoms with Crippen LogP contribution in [0.5, 0.6) is 5.75 Å². The minimum atomic E-state index is -1.04. The fourth-order valence-electron chi connectivity index (χ4n) is 3.29. The number of ether oxygens (including phenoxy) is 1. The van der Waals surface area contributed by atoms with Gasteiger partial charge in [0.1, 0.15) is 5.60 Å². The second kappa shape index (κ2) is 10.7. The van der Waals surface area contributed by atoms with E-state index in [1.165, 1.54) is 12.1 Å². The van der Waals surface area contributed by atoms with Gasteiger partial charge in [-0.05, 0) is 55.8 Å². The van der Waals surface area contributed by atoms with E-state index < -0.39 is 22.2 Å². The predicted octanol–water partition coefficient (Wildman–Crippen LogP) is 6.76. The Morgan fingerprint density at radius 1 is 1.06 bits per heavy atom. The average Bonchev–Trinajstić information content (AvgIpc) is 2.75. The van der Waals surface area contributed by atoms with Gasteiger partial charge in [0, 0.05) is 38.0 Å². The number of rotatable bonds is 8. The van der Waals surface area contributed by atoms with Crippen LogP contribution in [0.3, 0.4) is 0 Å². The topological polar surface area (TPSA) is 55.4 Å². The lowest BCUT2D eigenvalue weighted by Gasteiger charge is -2.28. The van der Waals surface area contributed by atoms with Gasteiger partial charge in [0.05, 0.1) is 17.2 Å². The van der Waals surface area contributed by atoms with E-state index in [-0.39, 0.29) is 18.1 Å². The summed E-state index contributed by atoms with van der Waals surface area (Å²) in [4.78, 5) is 13.1. The Kier molecular flexibility index (Phi) is 8.16. The minimum Gasteiger partial charge on any atom is -0.480 e. The van der Waals surface area contributed by atoms with E-state index >= 15 is 0 Å². The fraction of sp³-hybridized carbons (Fsp3) is 0.240. The summed E-state index contributed by atoms with van der Waals surface area (Å²) in [5.41, 5.74) is 0.836. The number of hydrogen-bond donors (Lipinski definition) is 1. The van der Waals surface area contributed by atoms with Crippen molar-refractivity contribution in [3.05, 3.63) is 87.7 Å². The lowest BCUT2D eigenvalue weighted by Crippen LogP contribution is -2.26. The maximum absolute atomic E-state index is 14.7. The van der Waals surface area contributed by atoms with Crippen molar-refractivity contribution in [2.45, 2.75) is 37.7 Å². The van der Waals surface area contributed by atoms with Crippen molar-refractivity contribution in [1.82, 2.24) is 0 Å². The van der Waals surface area contributed by atoms with Gasteiger partial charge in [-0.15, -0.1) is 0 Å². The molecule has 8 heteroatoms. The van der Waals surface area contributed by atoms with E-state index in [0.717, 1.165) is 10.5 Å². The van der Waals surface area contributed by atoms with Gasteiger partial charge >= 0.3 is 0 Å². The van der Waals surface area contributed by atoms with Gasteiger partial charge in [0.15, 0.2) is 11.6 Å². The van der Waals surface area contributed by atoms with E-state index in [9.17, 15) is 13.4 Å². The molecule has 4 nitrogen and oxygen atoms in total. The number of nitrogens with one attached hydrogen (secondary N) is 1. The summed E-state index contributed by atoms with van der Waals surface area (Å²) in [5.74, 6) is -0.337. The van der Waals surface area contributed by atoms with Crippen molar-refractivity contribution < 1.29 is 18.1 Å². The van der Waals surface area contributed by atoms with Gasteiger partial charge in [-0.3, -0.25) is 9.00 Å². The third-order valence-electron chi connectivity index (χ3n) is 4.97. The van der Waals surface area contributed by atoms with Crippen LogP contribution in [0.15, 0.2) is 65.6 Å². The third kappa shape index (κ3) is 6.56. The third-order valence-corrected chi connectivity index (χ3v) is 6.84. The zero-order valence-electron chi connectivity index (χ0n) is 18.5. The lowest BCUT2D eigenvalue weighted by molar-refractivity contribution is -0.115. The molecule has 3 aromatic carbocycles. The van der Waals surface area contributed by atoms with Crippen LogP contribution in [0, 0.1) is 5.82 Å². The van der Waals surface area contributed by atoms with Crippen molar-refractivity contribution in [1.29, 1.82) is 0 Å². The molecule has 0 aliphatic heterocycles. The molecule has 1 atom stereocenters. The monoisotopic (exact) mass is 507 g/mol. The Balaban J connectivity index is 1.66. The van der Waals surface area contributed by atoms with Gasteiger partial charge in [0.25, 0.3) is 0 Å². The SMILES string of the molecule is CC[S@@](=O)c1ccc(CC(=O)Nc2ccc(OC(C)(C)c3ccc(Cl)cc3Cl)c(F)c2)cc1. The molecule has 0 aromatic heterocycles. The largest absolute Gasteiger partial charge is 0.480 e. The number of hydrogen-bond acceptors (Lipinski definition) is 3. The number of anilines is 1. The van der Waals surface area contributed by atoms with Crippen LogP contribution in [-0.2, 0) is 27.6 Å². The molecule has 1 amide bonds. The number of carbonyl (C=O) groups is 1. The first-order valence-electron chi connectivity index (χ1n) is 10.3. The van der Waals surface area contributed by atoms with E-state index in [0.29, 0.717) is 27.0 Å². The van der Waals surface area contributed by atoms with E-state index in [1.54, 1.807) is 62.4 Å². The lowest BCUT2D eigenvalue weighted by atomic mass is 9.98. The number of halogens is 3. The van der Waals surface area contributed by atoms with E-state index in [4.69, 9.17) is 27.9 Å². The van der Waals surface area contributed by atoms with E-state index in [1.807, 2.05) is 6.92 Å². The second-order valence-electron chi connectivity index (χ2n) is 7.88. The van der Waals surface area contributed by atoms with Gasteiger partial charge in [-0.1, -0.05) is 48.3 Å². The first-order valence-corrected chi connectivity index (χ1v) is 12.4. The molecule has 0 fully saturated rings. The van der Waals surface area contributed by atoms with Crippen molar-refractivity contribution >= 4 is 45.6 Å². The maximum Gasteiger partial charge on any atom is 0.228 e. The highest BCUT2D eigenvalue weighted by molar-refractivity contribution is 7.85. The summed E-state index contributed by atoms with van der Waals surface area (Å²) in [5, 5.41) is 3.61. The Hall–Kier alpha value is -2.41. The van der Waals surface area contributed by atoms with Gasteiger partial charge in [-0.25, -0.2) is 4.39 Å². The predicted molar refractivity (Wildman–Crippen MR) is 132 cm³/mol. The van der Waals surface area contributed by atoms with Crippen LogP contribution >= 0.6 is 23.2 Å². The zero-order chi connectivity index (χ0) is 24.2. The number of benzene rings is 3. The minimum absolute atomic E-state index is 0.0310. The summed E-state index contributed by atoms with van der Waals surface area (Å²) < 4.78 is 32.4. The molecule has 0 saturated carbocycles. The molecule has 0 radical (unpaired) electrons. The Morgan fingerprint density at radius 2 is 1.76 bits per heavy atom. The molecule has 0 spiro atoms. The first-order chi connectivity index (χ1) is 15.6. The molecule has 0 aliphatic rings. The van der Waals surface area contributed by atoms with Crippen molar-refractivity contribution in [2.24, 2.45) is 0 Å². The molecule has 174 valence electrons. The molecule has 1 N–H and O–H groups in total. The first kappa shape index (κ1) is 25.2. The average molecular weight is 508 g/mol. The quantitative estimate of drug-likeness (QED) is 0.366. The highest BCUT2D eigenvalue weighted by Gasteiger charge is 2.27. The highest BCUT2D eigenvalue weighted by atomic mass is 35.5. The van der Waals surface area contributed by atoms with Gasteiger partial charge < -0.3 is 10.1 Å². The molecular weight excluding hydrogens is 484 g/mol. The Labute approximate surface area is 205 Å². The molecular formula is C25H24Cl2FNO3S. The van der Waals surface area contributed by atoms with Crippen LogP contribution < -0.4 is 10.1 Å². The molecule has 0 saturated heterocycles. The zero-order valence-corrected chi connectivity index (χ0v) is 20.8. The summed E-state index contributed by atoms with van der Waals surface area (Å²) >= 11 is 12.2. The highest BCUT2D eigenvalue weighted by Crippen LogP contribution is 2.35. The fourth-order valence-corrected chi connectivity index (χ4v) is 4.69.